The number of aromatic nitrogens is 1. The number of hydrogen-bond acceptors (Lipinski definition) is 5. The lowest BCUT2D eigenvalue weighted by molar-refractivity contribution is 0.436. The molecule has 2 rings (SSSR count). The lowest BCUT2D eigenvalue weighted by atomic mass is 10.1. The molecule has 5 nitrogen and oxygen atoms in total. The molecule has 6 heteroatoms. The van der Waals surface area contributed by atoms with Crippen LogP contribution in [0.25, 0.3) is 11.1 Å². The molecule has 2 aromatic rings. The molecule has 0 aliphatic rings. The van der Waals surface area contributed by atoms with Gasteiger partial charge in [-0.3, -0.25) is 0 Å². The summed E-state index contributed by atoms with van der Waals surface area (Å²) in [5.74, 6) is 0.219. The smallest absolute Gasteiger partial charge is 0.229 e. The number of rotatable bonds is 2. The molecule has 0 fully saturated rings. The Hall–Kier alpha value is -1.82. The maximum atomic E-state index is 11.5. The molecular formula is C11H12N2O3S. The summed E-state index contributed by atoms with van der Waals surface area (Å²) < 4.78 is 27.7. The van der Waals surface area contributed by atoms with Crippen molar-refractivity contribution in [2.75, 3.05) is 12.0 Å². The van der Waals surface area contributed by atoms with E-state index in [1.807, 2.05) is 0 Å². The van der Waals surface area contributed by atoms with Crippen LogP contribution >= 0.6 is 0 Å². The van der Waals surface area contributed by atoms with Gasteiger partial charge in [-0.15, -0.1) is 0 Å². The van der Waals surface area contributed by atoms with Crippen molar-refractivity contribution in [2.45, 2.75) is 11.8 Å². The Balaban J connectivity index is 2.56. The van der Waals surface area contributed by atoms with Gasteiger partial charge in [0.2, 0.25) is 5.88 Å². The van der Waals surface area contributed by atoms with Crippen molar-refractivity contribution in [2.24, 2.45) is 0 Å². The highest BCUT2D eigenvalue weighted by Gasteiger charge is 2.13. The molecule has 17 heavy (non-hydrogen) atoms. The molecule has 0 bridgehead atoms. The first-order valence-corrected chi connectivity index (χ1v) is 6.80. The van der Waals surface area contributed by atoms with Crippen molar-refractivity contribution in [3.8, 4) is 11.1 Å². The standard InChI is InChI=1S/C11H12N2O3S/c1-7-5-8(9-6-13-16-11(9)12)3-4-10(7)17(2,14)15/h3-6H,12H2,1-2H3. The van der Waals surface area contributed by atoms with Crippen molar-refractivity contribution in [1.82, 2.24) is 5.16 Å². The summed E-state index contributed by atoms with van der Waals surface area (Å²) in [6.45, 7) is 1.74. The van der Waals surface area contributed by atoms with Gasteiger partial charge in [-0.25, -0.2) is 8.42 Å². The Labute approximate surface area is 99.1 Å². The summed E-state index contributed by atoms with van der Waals surface area (Å²) >= 11 is 0. The monoisotopic (exact) mass is 252 g/mol. The van der Waals surface area contributed by atoms with Gasteiger partial charge in [0.25, 0.3) is 0 Å². The van der Waals surface area contributed by atoms with Gasteiger partial charge in [-0.2, -0.15) is 0 Å². The van der Waals surface area contributed by atoms with Crippen LogP contribution in [0.2, 0.25) is 0 Å². The topological polar surface area (TPSA) is 86.2 Å². The van der Waals surface area contributed by atoms with Crippen LogP contribution in [0.4, 0.5) is 5.88 Å². The SMILES string of the molecule is Cc1cc(-c2cnoc2N)ccc1S(C)(=O)=O. The number of hydrogen-bond donors (Lipinski definition) is 1. The lowest BCUT2D eigenvalue weighted by Crippen LogP contribution is -2.00. The first kappa shape index (κ1) is 11.7. The van der Waals surface area contributed by atoms with Gasteiger partial charge in [0, 0.05) is 6.26 Å². The first-order chi connectivity index (χ1) is 7.89. The van der Waals surface area contributed by atoms with Crippen LogP contribution in [0.15, 0.2) is 33.8 Å². The highest BCUT2D eigenvalue weighted by atomic mass is 32.2. The van der Waals surface area contributed by atoms with Crippen LogP contribution in [0.3, 0.4) is 0 Å². The van der Waals surface area contributed by atoms with E-state index in [0.29, 0.717) is 16.0 Å². The van der Waals surface area contributed by atoms with E-state index in [0.717, 1.165) is 5.56 Å². The Bertz CT molecular complexity index is 659. The molecule has 0 atom stereocenters. The average Bonchev–Trinajstić information content (AvgIpc) is 2.62. The zero-order valence-electron chi connectivity index (χ0n) is 9.47. The van der Waals surface area contributed by atoms with Gasteiger partial charge in [0.05, 0.1) is 16.7 Å². The van der Waals surface area contributed by atoms with Gasteiger partial charge < -0.3 is 10.3 Å². The second kappa shape index (κ2) is 3.89. The fraction of sp³-hybridized carbons (Fsp3) is 0.182. The van der Waals surface area contributed by atoms with Crippen LogP contribution in [-0.2, 0) is 9.84 Å². The highest BCUT2D eigenvalue weighted by molar-refractivity contribution is 7.90. The zero-order chi connectivity index (χ0) is 12.6. The van der Waals surface area contributed by atoms with Crippen molar-refractivity contribution >= 4 is 15.7 Å². The molecule has 0 aliphatic heterocycles. The Morgan fingerprint density at radius 2 is 2.06 bits per heavy atom. The predicted octanol–water partition coefficient (Wildman–Crippen LogP) is 1.64. The molecule has 0 spiro atoms. The number of benzene rings is 1. The molecule has 1 heterocycles. The van der Waals surface area contributed by atoms with Gasteiger partial charge in [0.1, 0.15) is 0 Å². The first-order valence-electron chi connectivity index (χ1n) is 4.91. The van der Waals surface area contributed by atoms with E-state index < -0.39 is 9.84 Å². The van der Waals surface area contributed by atoms with Crippen molar-refractivity contribution in [3.63, 3.8) is 0 Å². The van der Waals surface area contributed by atoms with Crippen molar-refractivity contribution in [3.05, 3.63) is 30.0 Å². The van der Waals surface area contributed by atoms with E-state index >= 15 is 0 Å². The number of sulfone groups is 1. The highest BCUT2D eigenvalue weighted by Crippen LogP contribution is 2.28. The number of nitrogens with two attached hydrogens (primary N) is 1. The largest absolute Gasteiger partial charge is 0.367 e. The molecule has 2 N–H and O–H groups in total. The van der Waals surface area contributed by atoms with Crippen LogP contribution in [0.5, 0.6) is 0 Å². The summed E-state index contributed by atoms with van der Waals surface area (Å²) in [5.41, 5.74) is 7.72. The molecule has 1 aromatic heterocycles. The van der Waals surface area contributed by atoms with E-state index in [-0.39, 0.29) is 5.88 Å². The van der Waals surface area contributed by atoms with Crippen molar-refractivity contribution < 1.29 is 12.9 Å². The molecule has 0 saturated carbocycles. The minimum absolute atomic E-state index is 0.219. The predicted molar refractivity (Wildman–Crippen MR) is 64.2 cm³/mol. The maximum Gasteiger partial charge on any atom is 0.229 e. The average molecular weight is 252 g/mol. The molecule has 1 aromatic carbocycles. The molecule has 0 radical (unpaired) electrons. The minimum atomic E-state index is -3.20. The third-order valence-electron chi connectivity index (χ3n) is 2.48. The van der Waals surface area contributed by atoms with Gasteiger partial charge in [0.15, 0.2) is 9.84 Å². The minimum Gasteiger partial charge on any atom is -0.367 e. The summed E-state index contributed by atoms with van der Waals surface area (Å²) in [4.78, 5) is 0.316. The second-order valence-corrected chi connectivity index (χ2v) is 5.84. The number of nitrogen functional groups attached to an aromatic ring is 1. The molecule has 0 saturated heterocycles. The molecule has 0 amide bonds. The fourth-order valence-electron chi connectivity index (χ4n) is 1.70. The third kappa shape index (κ3) is 2.16. The van der Waals surface area contributed by atoms with Crippen LogP contribution in [0, 0.1) is 6.92 Å². The quantitative estimate of drug-likeness (QED) is 0.878. The van der Waals surface area contributed by atoms with Crippen LogP contribution < -0.4 is 5.73 Å². The Morgan fingerprint density at radius 3 is 2.53 bits per heavy atom. The van der Waals surface area contributed by atoms with E-state index in [1.165, 1.54) is 12.5 Å². The summed E-state index contributed by atoms with van der Waals surface area (Å²) in [7, 11) is -3.20. The van der Waals surface area contributed by atoms with Crippen LogP contribution in [-0.4, -0.2) is 19.8 Å². The molecule has 0 aliphatic carbocycles. The zero-order valence-corrected chi connectivity index (χ0v) is 10.3. The second-order valence-electron chi connectivity index (χ2n) is 3.86. The fourth-order valence-corrected chi connectivity index (χ4v) is 2.66. The van der Waals surface area contributed by atoms with Gasteiger partial charge >= 0.3 is 0 Å². The maximum absolute atomic E-state index is 11.5. The Kier molecular flexibility index (Phi) is 2.66. The summed E-state index contributed by atoms with van der Waals surface area (Å²) in [5, 5.41) is 3.58. The van der Waals surface area contributed by atoms with E-state index in [9.17, 15) is 8.42 Å². The van der Waals surface area contributed by atoms with Gasteiger partial charge in [-0.05, 0) is 30.2 Å². The molecule has 90 valence electrons. The van der Waals surface area contributed by atoms with Gasteiger partial charge in [-0.1, -0.05) is 11.2 Å². The van der Waals surface area contributed by atoms with E-state index in [2.05, 4.69) is 5.16 Å². The normalized spacial score (nSPS) is 11.6. The summed E-state index contributed by atoms with van der Waals surface area (Å²) in [6.07, 6.45) is 2.69. The number of nitrogens with zero attached hydrogens (tertiary/aromatic N) is 1. The van der Waals surface area contributed by atoms with Crippen molar-refractivity contribution in [1.29, 1.82) is 0 Å². The summed E-state index contributed by atoms with van der Waals surface area (Å²) in [6, 6.07) is 5.00. The van der Waals surface area contributed by atoms with Crippen LogP contribution in [0.1, 0.15) is 5.56 Å². The number of anilines is 1. The molecular weight excluding hydrogens is 240 g/mol. The number of aryl methyl sites for hydroxylation is 1. The van der Waals surface area contributed by atoms with E-state index in [1.54, 1.807) is 25.1 Å². The molecule has 0 unspecified atom stereocenters. The lowest BCUT2D eigenvalue weighted by Gasteiger charge is -2.05. The van der Waals surface area contributed by atoms with E-state index in [4.69, 9.17) is 10.3 Å². The Morgan fingerprint density at radius 1 is 1.35 bits per heavy atom. The third-order valence-corrected chi connectivity index (χ3v) is 3.74.